The van der Waals surface area contributed by atoms with E-state index in [-0.39, 0.29) is 72.0 Å². The van der Waals surface area contributed by atoms with Crippen molar-refractivity contribution in [1.29, 1.82) is 0 Å². The van der Waals surface area contributed by atoms with Crippen LogP contribution in [0, 0.1) is 18.8 Å². The summed E-state index contributed by atoms with van der Waals surface area (Å²) in [6, 6.07) is 14.9. The number of carbonyl (C=O) groups excluding carboxylic acids is 2. The van der Waals surface area contributed by atoms with Crippen LogP contribution in [-0.4, -0.2) is 11.9 Å². The first-order valence-electron chi connectivity index (χ1n) is 8.59. The molecule has 0 saturated heterocycles. The Kier molecular flexibility index (Phi) is 12.9. The van der Waals surface area contributed by atoms with E-state index < -0.39 is 23.8 Å². The molecule has 0 fully saturated rings. The number of carboxylic acid groups (broad SMARTS) is 2. The van der Waals surface area contributed by atoms with Gasteiger partial charge in [0.25, 0.3) is 0 Å². The van der Waals surface area contributed by atoms with Crippen LogP contribution in [0.15, 0.2) is 55.1 Å². The molecule has 0 spiro atoms. The van der Waals surface area contributed by atoms with E-state index in [1.807, 2.05) is 43.3 Å². The number of hydrogen-bond acceptors (Lipinski definition) is 4. The number of aryl methyl sites for hydroxylation is 2. The zero-order chi connectivity index (χ0) is 19.1. The minimum atomic E-state index is -1.36. The number of aliphatic carboxylic acids is 2. The second-order valence-corrected chi connectivity index (χ2v) is 6.53. The Morgan fingerprint density at radius 1 is 0.893 bits per heavy atom. The van der Waals surface area contributed by atoms with Crippen molar-refractivity contribution in [3.8, 4) is 0 Å². The van der Waals surface area contributed by atoms with Crippen LogP contribution in [-0.2, 0) is 22.4 Å². The van der Waals surface area contributed by atoms with Crippen molar-refractivity contribution in [1.82, 2.24) is 0 Å². The molecule has 136 valence electrons. The first kappa shape index (κ1) is 27.1. The molecule has 0 saturated carbocycles. The molecule has 2 aromatic carbocycles. The number of carbonyl (C=O) groups is 2. The van der Waals surface area contributed by atoms with Gasteiger partial charge in [-0.05, 0) is 42.9 Å². The summed E-state index contributed by atoms with van der Waals surface area (Å²) in [5.41, 5.74) is 3.73. The van der Waals surface area contributed by atoms with E-state index in [0.717, 1.165) is 22.3 Å². The molecule has 0 aliphatic heterocycles. The van der Waals surface area contributed by atoms with Gasteiger partial charge in [0.2, 0.25) is 0 Å². The smallest absolute Gasteiger partial charge is 0.550 e. The summed E-state index contributed by atoms with van der Waals surface area (Å²) in [6.45, 7) is 5.64. The minimum Gasteiger partial charge on any atom is -0.550 e. The Hall–Kier alpha value is -0.880. The summed E-state index contributed by atoms with van der Waals surface area (Å²) in [5.74, 6) is -4.97. The Labute approximate surface area is 210 Å². The molecular weight excluding hydrogens is 374 g/mol. The SMILES string of the molecule is C=Cc1ccc(CC(C(=O)[O-])C(CCc2ccc(C)cc2)C(=O)[O-])cc1.[Na+].[Na+]. The third-order valence-electron chi connectivity index (χ3n) is 4.63. The molecule has 2 aromatic rings. The number of rotatable bonds is 9. The first-order chi connectivity index (χ1) is 12.4. The molecule has 0 bridgehead atoms. The van der Waals surface area contributed by atoms with Crippen molar-refractivity contribution in [2.75, 3.05) is 0 Å². The van der Waals surface area contributed by atoms with Gasteiger partial charge in [-0.2, -0.15) is 0 Å². The van der Waals surface area contributed by atoms with Gasteiger partial charge in [0.15, 0.2) is 0 Å². The van der Waals surface area contributed by atoms with Crippen molar-refractivity contribution in [2.24, 2.45) is 11.8 Å². The molecule has 0 aromatic heterocycles. The summed E-state index contributed by atoms with van der Waals surface area (Å²) in [6.07, 6.45) is 2.44. The number of carboxylic acids is 2. The third-order valence-corrected chi connectivity index (χ3v) is 4.63. The van der Waals surface area contributed by atoms with E-state index in [2.05, 4.69) is 6.58 Å². The van der Waals surface area contributed by atoms with Crippen molar-refractivity contribution < 1.29 is 78.9 Å². The van der Waals surface area contributed by atoms with E-state index >= 15 is 0 Å². The minimum absolute atomic E-state index is 0. The van der Waals surface area contributed by atoms with E-state index in [9.17, 15) is 19.8 Å². The molecule has 2 atom stereocenters. The molecule has 0 radical (unpaired) electrons. The maximum Gasteiger partial charge on any atom is 1.00 e. The fourth-order valence-electron chi connectivity index (χ4n) is 2.99. The number of hydrogen-bond donors (Lipinski definition) is 0. The number of benzene rings is 2. The normalized spacial score (nSPS) is 12.0. The second kappa shape index (κ2) is 13.4. The molecule has 0 amide bonds. The Bertz CT molecular complexity index is 770. The molecule has 6 heteroatoms. The van der Waals surface area contributed by atoms with Crippen LogP contribution in [0.25, 0.3) is 6.08 Å². The molecule has 4 nitrogen and oxygen atoms in total. The fraction of sp³-hybridized carbons (Fsp3) is 0.273. The van der Waals surface area contributed by atoms with Gasteiger partial charge in [-0.1, -0.05) is 66.7 Å². The second-order valence-electron chi connectivity index (χ2n) is 6.53. The van der Waals surface area contributed by atoms with Crippen molar-refractivity contribution in [3.05, 3.63) is 77.4 Å². The first-order valence-corrected chi connectivity index (χ1v) is 8.59. The van der Waals surface area contributed by atoms with Gasteiger partial charge in [0.05, 0.1) is 0 Å². The van der Waals surface area contributed by atoms with E-state index in [1.54, 1.807) is 18.2 Å². The van der Waals surface area contributed by atoms with Crippen LogP contribution < -0.4 is 69.3 Å². The summed E-state index contributed by atoms with van der Waals surface area (Å²) in [5, 5.41) is 23.2. The molecule has 2 unspecified atom stereocenters. The zero-order valence-electron chi connectivity index (χ0n) is 16.8. The quantitative estimate of drug-likeness (QED) is 0.401. The summed E-state index contributed by atoms with van der Waals surface area (Å²) in [7, 11) is 0. The predicted octanol–water partition coefficient (Wildman–Crippen LogP) is -4.45. The average molecular weight is 396 g/mol. The largest absolute Gasteiger partial charge is 1.00 e. The van der Waals surface area contributed by atoms with Crippen molar-refractivity contribution >= 4 is 18.0 Å². The predicted molar refractivity (Wildman–Crippen MR) is 96.7 cm³/mol. The zero-order valence-corrected chi connectivity index (χ0v) is 20.8. The van der Waals surface area contributed by atoms with Gasteiger partial charge < -0.3 is 19.8 Å². The van der Waals surface area contributed by atoms with Gasteiger partial charge in [0.1, 0.15) is 0 Å². The molecule has 0 aliphatic rings. The van der Waals surface area contributed by atoms with Crippen molar-refractivity contribution in [2.45, 2.75) is 26.2 Å². The van der Waals surface area contributed by atoms with Crippen LogP contribution in [0.4, 0.5) is 0 Å². The van der Waals surface area contributed by atoms with Gasteiger partial charge >= 0.3 is 59.1 Å². The van der Waals surface area contributed by atoms with E-state index in [0.29, 0.717) is 6.42 Å². The Morgan fingerprint density at radius 3 is 1.86 bits per heavy atom. The van der Waals surface area contributed by atoms with Crippen molar-refractivity contribution in [3.63, 3.8) is 0 Å². The topological polar surface area (TPSA) is 80.3 Å². The summed E-state index contributed by atoms with van der Waals surface area (Å²) >= 11 is 0. The molecule has 0 aliphatic carbocycles. The van der Waals surface area contributed by atoms with Crippen LogP contribution >= 0.6 is 0 Å². The molecular formula is C22H22Na2O4. The maximum atomic E-state index is 11.6. The standard InChI is InChI=1S/C22H24O4.2Na/c1-3-16-8-10-18(11-9-16)14-20(22(25)26)19(21(23)24)13-12-17-6-4-15(2)5-7-17;;/h3-11,19-20H,1,12-14H2,2H3,(H,23,24)(H,25,26);;/q;2*+1/p-2. The third kappa shape index (κ3) is 8.24. The van der Waals surface area contributed by atoms with Gasteiger partial charge in [-0.3, -0.25) is 0 Å². The Morgan fingerprint density at radius 2 is 1.39 bits per heavy atom. The maximum absolute atomic E-state index is 11.6. The average Bonchev–Trinajstić information content (AvgIpc) is 2.62. The molecule has 0 N–H and O–H groups in total. The monoisotopic (exact) mass is 396 g/mol. The van der Waals surface area contributed by atoms with Crippen LogP contribution in [0.2, 0.25) is 0 Å². The van der Waals surface area contributed by atoms with E-state index in [4.69, 9.17) is 0 Å². The van der Waals surface area contributed by atoms with Gasteiger partial charge in [0, 0.05) is 23.8 Å². The fourth-order valence-corrected chi connectivity index (χ4v) is 2.99. The van der Waals surface area contributed by atoms with Gasteiger partial charge in [-0.15, -0.1) is 0 Å². The van der Waals surface area contributed by atoms with Crippen LogP contribution in [0.3, 0.4) is 0 Å². The summed E-state index contributed by atoms with van der Waals surface area (Å²) < 4.78 is 0. The molecule has 2 rings (SSSR count). The van der Waals surface area contributed by atoms with E-state index in [1.165, 1.54) is 0 Å². The Balaban J connectivity index is 0.00000364. The van der Waals surface area contributed by atoms with Gasteiger partial charge in [-0.25, -0.2) is 0 Å². The summed E-state index contributed by atoms with van der Waals surface area (Å²) in [4.78, 5) is 23.2. The van der Waals surface area contributed by atoms with Crippen LogP contribution in [0.5, 0.6) is 0 Å². The molecule has 28 heavy (non-hydrogen) atoms. The van der Waals surface area contributed by atoms with Crippen LogP contribution in [0.1, 0.15) is 28.7 Å². The molecule has 0 heterocycles.